The minimum Gasteiger partial charge on any atom is -0.370 e. The lowest BCUT2D eigenvalue weighted by Crippen LogP contribution is -2.41. The molecule has 0 amide bonds. The molecule has 1 saturated carbocycles. The summed E-state index contributed by atoms with van der Waals surface area (Å²) in [4.78, 5) is 12.2. The van der Waals surface area contributed by atoms with E-state index >= 15 is 0 Å². The van der Waals surface area contributed by atoms with E-state index in [1.807, 2.05) is 0 Å². The topological polar surface area (TPSA) is 60.4 Å². The SMILES string of the molecule is COC1(C(=O)CCS(C)(=O)=O)CCCCCC1. The van der Waals surface area contributed by atoms with Crippen molar-refractivity contribution in [2.45, 2.75) is 50.5 Å². The van der Waals surface area contributed by atoms with E-state index in [1.54, 1.807) is 7.11 Å². The molecule has 0 bridgehead atoms. The summed E-state index contributed by atoms with van der Waals surface area (Å²) >= 11 is 0. The Kier molecular flexibility index (Phi) is 5.13. The summed E-state index contributed by atoms with van der Waals surface area (Å²) in [5.41, 5.74) is -0.721. The Morgan fingerprint density at radius 2 is 1.71 bits per heavy atom. The van der Waals surface area contributed by atoms with Crippen molar-refractivity contribution in [3.05, 3.63) is 0 Å². The molecule has 0 radical (unpaired) electrons. The summed E-state index contributed by atoms with van der Waals surface area (Å²) in [5.74, 6) is -0.121. The van der Waals surface area contributed by atoms with Crippen molar-refractivity contribution in [1.29, 1.82) is 0 Å². The second-order valence-electron chi connectivity index (χ2n) is 4.92. The molecule has 0 N–H and O–H groups in total. The number of ketones is 1. The summed E-state index contributed by atoms with van der Waals surface area (Å²) in [7, 11) is -1.52. The third-order valence-corrected chi connectivity index (χ3v) is 4.46. The fraction of sp³-hybridized carbons (Fsp3) is 0.917. The van der Waals surface area contributed by atoms with Crippen LogP contribution in [0, 0.1) is 0 Å². The first-order valence-electron chi connectivity index (χ1n) is 6.16. The highest BCUT2D eigenvalue weighted by atomic mass is 32.2. The lowest BCUT2D eigenvalue weighted by molar-refractivity contribution is -0.142. The van der Waals surface area contributed by atoms with Gasteiger partial charge in [0.05, 0.1) is 5.75 Å². The van der Waals surface area contributed by atoms with E-state index in [1.165, 1.54) is 0 Å². The van der Waals surface area contributed by atoms with Crippen molar-refractivity contribution >= 4 is 15.6 Å². The van der Waals surface area contributed by atoms with E-state index in [-0.39, 0.29) is 18.0 Å². The van der Waals surface area contributed by atoms with Crippen molar-refractivity contribution in [3.8, 4) is 0 Å². The van der Waals surface area contributed by atoms with Crippen LogP contribution in [-0.4, -0.2) is 38.9 Å². The maximum absolute atomic E-state index is 12.2. The second-order valence-corrected chi connectivity index (χ2v) is 7.18. The van der Waals surface area contributed by atoms with Crippen LogP contribution in [0.25, 0.3) is 0 Å². The van der Waals surface area contributed by atoms with Crippen LogP contribution in [0.4, 0.5) is 0 Å². The molecule has 0 aromatic carbocycles. The van der Waals surface area contributed by atoms with Gasteiger partial charge in [0, 0.05) is 19.8 Å². The molecule has 17 heavy (non-hydrogen) atoms. The molecule has 1 aliphatic rings. The van der Waals surface area contributed by atoms with Crippen LogP contribution in [0.5, 0.6) is 0 Å². The number of carbonyl (C=O) groups excluding carboxylic acids is 1. The van der Waals surface area contributed by atoms with E-state index < -0.39 is 15.4 Å². The highest BCUT2D eigenvalue weighted by molar-refractivity contribution is 7.90. The predicted molar refractivity (Wildman–Crippen MR) is 66.8 cm³/mol. The molecule has 1 fully saturated rings. The maximum atomic E-state index is 12.2. The normalized spacial score (nSPS) is 20.8. The minimum absolute atomic E-state index is 0.0488. The van der Waals surface area contributed by atoms with Gasteiger partial charge in [-0.15, -0.1) is 0 Å². The van der Waals surface area contributed by atoms with E-state index in [2.05, 4.69) is 0 Å². The van der Waals surface area contributed by atoms with Gasteiger partial charge >= 0.3 is 0 Å². The largest absolute Gasteiger partial charge is 0.370 e. The second kappa shape index (κ2) is 5.96. The molecule has 0 unspecified atom stereocenters. The summed E-state index contributed by atoms with van der Waals surface area (Å²) in [6, 6.07) is 0. The van der Waals surface area contributed by atoms with Gasteiger partial charge < -0.3 is 4.74 Å². The van der Waals surface area contributed by atoms with Crippen molar-refractivity contribution in [3.63, 3.8) is 0 Å². The Morgan fingerprint density at radius 1 is 1.18 bits per heavy atom. The van der Waals surface area contributed by atoms with Crippen molar-refractivity contribution in [2.75, 3.05) is 19.1 Å². The fourth-order valence-electron chi connectivity index (χ4n) is 2.40. The highest BCUT2D eigenvalue weighted by Gasteiger charge is 2.38. The fourth-order valence-corrected chi connectivity index (χ4v) is 2.96. The molecule has 0 aromatic rings. The van der Waals surface area contributed by atoms with Crippen LogP contribution in [0.3, 0.4) is 0 Å². The van der Waals surface area contributed by atoms with Crippen LogP contribution < -0.4 is 0 Å². The Bertz CT molecular complexity index is 351. The zero-order valence-electron chi connectivity index (χ0n) is 10.7. The van der Waals surface area contributed by atoms with Crippen LogP contribution >= 0.6 is 0 Å². The van der Waals surface area contributed by atoms with Gasteiger partial charge in [0.2, 0.25) is 0 Å². The standard InChI is InChI=1S/C12H22O4S/c1-16-12(8-5-3-4-6-9-12)11(13)7-10-17(2,14)15/h3-10H2,1-2H3. The summed E-state index contributed by atoms with van der Waals surface area (Å²) in [6.45, 7) is 0. The molecule has 0 heterocycles. The van der Waals surface area contributed by atoms with E-state index in [0.717, 1.165) is 44.8 Å². The minimum atomic E-state index is -3.08. The molecule has 0 saturated heterocycles. The number of ether oxygens (including phenoxy) is 1. The van der Waals surface area contributed by atoms with Crippen molar-refractivity contribution in [2.24, 2.45) is 0 Å². The third-order valence-electron chi connectivity index (χ3n) is 3.51. The van der Waals surface area contributed by atoms with E-state index in [4.69, 9.17) is 4.74 Å². The van der Waals surface area contributed by atoms with Gasteiger partial charge in [-0.3, -0.25) is 4.79 Å². The maximum Gasteiger partial charge on any atom is 0.165 e. The zero-order valence-corrected chi connectivity index (χ0v) is 11.5. The molecular weight excluding hydrogens is 240 g/mol. The average Bonchev–Trinajstić information content (AvgIpc) is 2.51. The zero-order chi connectivity index (χ0) is 12.9. The number of Topliss-reactive ketones (excluding diaryl/α,β-unsaturated/α-hetero) is 1. The molecule has 0 spiro atoms. The van der Waals surface area contributed by atoms with Crippen molar-refractivity contribution in [1.82, 2.24) is 0 Å². The molecule has 4 nitrogen and oxygen atoms in total. The summed E-state index contributed by atoms with van der Waals surface area (Å²) in [6.07, 6.45) is 6.92. The molecule has 100 valence electrons. The van der Waals surface area contributed by atoms with Crippen LogP contribution in [0.2, 0.25) is 0 Å². The van der Waals surface area contributed by atoms with Gasteiger partial charge in [-0.25, -0.2) is 8.42 Å². The molecule has 5 heteroatoms. The van der Waals surface area contributed by atoms with E-state index in [9.17, 15) is 13.2 Å². The van der Waals surface area contributed by atoms with Gasteiger partial charge in [0.1, 0.15) is 15.4 Å². The van der Waals surface area contributed by atoms with Crippen molar-refractivity contribution < 1.29 is 17.9 Å². The Morgan fingerprint density at radius 3 is 2.12 bits per heavy atom. The predicted octanol–water partition coefficient (Wildman–Crippen LogP) is 1.73. The smallest absolute Gasteiger partial charge is 0.165 e. The number of hydrogen-bond donors (Lipinski definition) is 0. The van der Waals surface area contributed by atoms with E-state index in [0.29, 0.717) is 0 Å². The summed E-state index contributed by atoms with van der Waals surface area (Å²) < 4.78 is 27.6. The van der Waals surface area contributed by atoms with Crippen LogP contribution in [-0.2, 0) is 19.4 Å². The Labute approximate surface area is 104 Å². The highest BCUT2D eigenvalue weighted by Crippen LogP contribution is 2.31. The number of rotatable bonds is 5. The first kappa shape index (κ1) is 14.6. The lowest BCUT2D eigenvalue weighted by atomic mass is 9.88. The Hall–Kier alpha value is -0.420. The van der Waals surface area contributed by atoms with Crippen LogP contribution in [0.1, 0.15) is 44.9 Å². The van der Waals surface area contributed by atoms with Gasteiger partial charge in [0.25, 0.3) is 0 Å². The first-order chi connectivity index (χ1) is 7.90. The van der Waals surface area contributed by atoms with Gasteiger partial charge in [-0.05, 0) is 12.8 Å². The van der Waals surface area contributed by atoms with Gasteiger partial charge in [0.15, 0.2) is 5.78 Å². The molecular formula is C12H22O4S. The molecule has 1 aliphatic carbocycles. The number of methoxy groups -OCH3 is 1. The lowest BCUT2D eigenvalue weighted by Gasteiger charge is -2.29. The molecule has 1 rings (SSSR count). The van der Waals surface area contributed by atoms with Gasteiger partial charge in [-0.2, -0.15) is 0 Å². The Balaban J connectivity index is 2.67. The number of carbonyl (C=O) groups is 1. The number of sulfone groups is 1. The molecule has 0 atom stereocenters. The number of hydrogen-bond acceptors (Lipinski definition) is 4. The quantitative estimate of drug-likeness (QED) is 0.708. The monoisotopic (exact) mass is 262 g/mol. The first-order valence-corrected chi connectivity index (χ1v) is 8.22. The average molecular weight is 262 g/mol. The van der Waals surface area contributed by atoms with Crippen LogP contribution in [0.15, 0.2) is 0 Å². The van der Waals surface area contributed by atoms with Gasteiger partial charge in [-0.1, -0.05) is 25.7 Å². The molecule has 0 aliphatic heterocycles. The third kappa shape index (κ3) is 4.39. The molecule has 0 aromatic heterocycles. The summed E-state index contributed by atoms with van der Waals surface area (Å²) in [5, 5.41) is 0.